The summed E-state index contributed by atoms with van der Waals surface area (Å²) < 4.78 is 1.55. The molecule has 3 rings (SSSR count). The molecule has 0 aromatic carbocycles. The molecular formula is C10H10ClN5O. The zero-order valence-corrected chi connectivity index (χ0v) is 9.63. The first kappa shape index (κ1) is 10.5. The van der Waals surface area contributed by atoms with E-state index in [1.807, 2.05) is 0 Å². The quantitative estimate of drug-likeness (QED) is 0.798. The molecule has 0 aliphatic carbocycles. The monoisotopic (exact) mass is 251 g/mol. The summed E-state index contributed by atoms with van der Waals surface area (Å²) in [6.07, 6.45) is 2.07. The number of amides is 1. The Hall–Kier alpha value is -1.66. The van der Waals surface area contributed by atoms with Gasteiger partial charge in [-0.2, -0.15) is 4.98 Å². The molecule has 1 fully saturated rings. The smallest absolute Gasteiger partial charge is 0.252 e. The van der Waals surface area contributed by atoms with E-state index in [-0.39, 0.29) is 11.9 Å². The molecule has 0 radical (unpaired) electrons. The molecule has 17 heavy (non-hydrogen) atoms. The number of carbonyl (C=O) groups is 1. The van der Waals surface area contributed by atoms with Gasteiger partial charge >= 0.3 is 0 Å². The van der Waals surface area contributed by atoms with Crippen LogP contribution in [0.1, 0.15) is 6.42 Å². The average molecular weight is 252 g/mol. The lowest BCUT2D eigenvalue weighted by Gasteiger charge is -2.09. The van der Waals surface area contributed by atoms with Crippen molar-refractivity contribution in [3.63, 3.8) is 0 Å². The fourth-order valence-corrected chi connectivity index (χ4v) is 2.11. The summed E-state index contributed by atoms with van der Waals surface area (Å²) in [6.45, 7) is 0.452. The first-order valence-corrected chi connectivity index (χ1v) is 5.60. The molecule has 2 aromatic heterocycles. The third kappa shape index (κ3) is 1.65. The van der Waals surface area contributed by atoms with Gasteiger partial charge in [-0.05, 0) is 12.1 Å². The Bertz CT molecular complexity index is 595. The van der Waals surface area contributed by atoms with Crippen LogP contribution in [0.15, 0.2) is 18.3 Å². The molecule has 0 spiro atoms. The largest absolute Gasteiger partial charge is 0.326 e. The highest BCUT2D eigenvalue weighted by molar-refractivity contribution is 6.33. The molecule has 2 aromatic rings. The molecule has 1 saturated heterocycles. The third-order valence-electron chi connectivity index (χ3n) is 2.70. The molecule has 1 unspecified atom stereocenters. The summed E-state index contributed by atoms with van der Waals surface area (Å²) in [5, 5.41) is 4.71. The Kier molecular flexibility index (Phi) is 2.27. The van der Waals surface area contributed by atoms with Crippen molar-refractivity contribution in [2.75, 3.05) is 11.4 Å². The Morgan fingerprint density at radius 3 is 3.00 bits per heavy atom. The molecule has 1 aliphatic heterocycles. The summed E-state index contributed by atoms with van der Waals surface area (Å²) in [4.78, 5) is 17.4. The van der Waals surface area contributed by atoms with Crippen LogP contribution in [0.2, 0.25) is 5.02 Å². The van der Waals surface area contributed by atoms with E-state index in [0.29, 0.717) is 29.6 Å². The van der Waals surface area contributed by atoms with Crippen molar-refractivity contribution in [1.29, 1.82) is 0 Å². The second-order valence-corrected chi connectivity index (χ2v) is 4.41. The van der Waals surface area contributed by atoms with E-state index in [1.165, 1.54) is 4.90 Å². The van der Waals surface area contributed by atoms with Gasteiger partial charge in [0.05, 0.1) is 5.02 Å². The summed E-state index contributed by atoms with van der Waals surface area (Å²) in [7, 11) is 0. The lowest BCUT2D eigenvalue weighted by atomic mass is 10.3. The predicted octanol–water partition coefficient (Wildman–Crippen LogP) is 0.447. The molecule has 88 valence electrons. The van der Waals surface area contributed by atoms with Crippen molar-refractivity contribution in [3.8, 4) is 0 Å². The lowest BCUT2D eigenvalue weighted by molar-refractivity contribution is -0.117. The molecule has 0 bridgehead atoms. The number of carbonyl (C=O) groups excluding carboxylic acids is 1. The van der Waals surface area contributed by atoms with Crippen LogP contribution in [0.3, 0.4) is 0 Å². The minimum atomic E-state index is -0.149. The standard InChI is InChI=1S/C10H10ClN5O/c11-7-2-1-3-16-9(7)13-10(14-16)15-5-6(12)4-8(15)17/h1-3,6H,4-5,12H2. The normalized spacial score (nSPS) is 20.5. The lowest BCUT2D eigenvalue weighted by Crippen LogP contribution is -2.28. The molecular weight excluding hydrogens is 242 g/mol. The van der Waals surface area contributed by atoms with Crippen LogP contribution in [0.4, 0.5) is 5.95 Å². The maximum atomic E-state index is 11.7. The highest BCUT2D eigenvalue weighted by Gasteiger charge is 2.30. The van der Waals surface area contributed by atoms with E-state index in [4.69, 9.17) is 17.3 Å². The maximum absolute atomic E-state index is 11.7. The van der Waals surface area contributed by atoms with Crippen LogP contribution in [0, 0.1) is 0 Å². The van der Waals surface area contributed by atoms with Crippen molar-refractivity contribution in [3.05, 3.63) is 23.4 Å². The van der Waals surface area contributed by atoms with Gasteiger partial charge in [0.15, 0.2) is 5.65 Å². The van der Waals surface area contributed by atoms with Crippen LogP contribution in [0.5, 0.6) is 0 Å². The van der Waals surface area contributed by atoms with Crippen LogP contribution in [0.25, 0.3) is 5.65 Å². The fourth-order valence-electron chi connectivity index (χ4n) is 1.91. The number of aromatic nitrogens is 3. The number of hydrogen-bond donors (Lipinski definition) is 1. The van der Waals surface area contributed by atoms with Crippen LogP contribution >= 0.6 is 11.6 Å². The topological polar surface area (TPSA) is 76.5 Å². The van der Waals surface area contributed by atoms with E-state index >= 15 is 0 Å². The maximum Gasteiger partial charge on any atom is 0.252 e. The number of anilines is 1. The molecule has 1 amide bonds. The van der Waals surface area contributed by atoms with Gasteiger partial charge in [-0.1, -0.05) is 11.6 Å². The van der Waals surface area contributed by atoms with Gasteiger partial charge < -0.3 is 5.73 Å². The van der Waals surface area contributed by atoms with E-state index in [2.05, 4.69) is 10.1 Å². The van der Waals surface area contributed by atoms with E-state index < -0.39 is 0 Å². The summed E-state index contributed by atoms with van der Waals surface area (Å²) in [5.74, 6) is 0.306. The van der Waals surface area contributed by atoms with Crippen molar-refractivity contribution in [1.82, 2.24) is 14.6 Å². The Balaban J connectivity index is 2.07. The van der Waals surface area contributed by atoms with Crippen LogP contribution in [-0.2, 0) is 4.79 Å². The van der Waals surface area contributed by atoms with E-state index in [1.54, 1.807) is 22.8 Å². The van der Waals surface area contributed by atoms with Crippen molar-refractivity contribution < 1.29 is 4.79 Å². The number of nitrogens with zero attached hydrogens (tertiary/aromatic N) is 4. The van der Waals surface area contributed by atoms with Gasteiger partial charge in [-0.15, -0.1) is 5.10 Å². The molecule has 6 nitrogen and oxygen atoms in total. The fraction of sp³-hybridized carbons (Fsp3) is 0.300. The van der Waals surface area contributed by atoms with E-state index in [0.717, 1.165) is 0 Å². The Morgan fingerprint density at radius 2 is 2.35 bits per heavy atom. The van der Waals surface area contributed by atoms with E-state index in [9.17, 15) is 4.79 Å². The van der Waals surface area contributed by atoms with Gasteiger partial charge in [0.2, 0.25) is 5.91 Å². The number of fused-ring (bicyclic) bond motifs is 1. The first-order valence-electron chi connectivity index (χ1n) is 5.22. The summed E-state index contributed by atoms with van der Waals surface area (Å²) in [6, 6.07) is 3.35. The second kappa shape index (κ2) is 3.68. The number of halogens is 1. The number of hydrogen-bond acceptors (Lipinski definition) is 4. The number of pyridine rings is 1. The van der Waals surface area contributed by atoms with Gasteiger partial charge in [0, 0.05) is 25.2 Å². The van der Waals surface area contributed by atoms with Crippen LogP contribution in [-0.4, -0.2) is 33.1 Å². The highest BCUT2D eigenvalue weighted by atomic mass is 35.5. The predicted molar refractivity (Wildman–Crippen MR) is 62.9 cm³/mol. The zero-order valence-electron chi connectivity index (χ0n) is 8.88. The number of nitrogens with two attached hydrogens (primary N) is 1. The zero-order chi connectivity index (χ0) is 12.0. The molecule has 7 heteroatoms. The summed E-state index contributed by atoms with van der Waals surface area (Å²) >= 11 is 5.99. The van der Waals surface area contributed by atoms with Gasteiger partial charge in [0.1, 0.15) is 0 Å². The van der Waals surface area contributed by atoms with Crippen molar-refractivity contribution in [2.24, 2.45) is 5.73 Å². The van der Waals surface area contributed by atoms with Gasteiger partial charge in [-0.25, -0.2) is 4.52 Å². The SMILES string of the molecule is NC1CC(=O)N(c2nc3c(Cl)cccn3n2)C1. The Morgan fingerprint density at radius 1 is 1.53 bits per heavy atom. The second-order valence-electron chi connectivity index (χ2n) is 4.00. The Labute approximate surface area is 102 Å². The molecule has 2 N–H and O–H groups in total. The van der Waals surface area contributed by atoms with Gasteiger partial charge in [0.25, 0.3) is 5.95 Å². The molecule has 1 atom stereocenters. The molecule has 0 saturated carbocycles. The van der Waals surface area contributed by atoms with Gasteiger partial charge in [-0.3, -0.25) is 9.69 Å². The minimum Gasteiger partial charge on any atom is -0.326 e. The van der Waals surface area contributed by atoms with Crippen molar-refractivity contribution >= 4 is 29.1 Å². The molecule has 1 aliphatic rings. The molecule has 3 heterocycles. The summed E-state index contributed by atoms with van der Waals surface area (Å²) in [5.41, 5.74) is 6.27. The highest BCUT2D eigenvalue weighted by Crippen LogP contribution is 2.21. The third-order valence-corrected chi connectivity index (χ3v) is 2.99. The number of rotatable bonds is 1. The van der Waals surface area contributed by atoms with Crippen molar-refractivity contribution in [2.45, 2.75) is 12.5 Å². The van der Waals surface area contributed by atoms with Crippen LogP contribution < -0.4 is 10.6 Å². The average Bonchev–Trinajstić information content (AvgIpc) is 2.82. The minimum absolute atomic E-state index is 0.0514. The first-order chi connectivity index (χ1) is 8.15.